The summed E-state index contributed by atoms with van der Waals surface area (Å²) in [5.41, 5.74) is 1.24. The van der Waals surface area contributed by atoms with Crippen molar-refractivity contribution in [3.05, 3.63) is 51.7 Å². The molecule has 100 valence electrons. The fourth-order valence-electron chi connectivity index (χ4n) is 1.51. The minimum absolute atomic E-state index is 0.0191. The summed E-state index contributed by atoms with van der Waals surface area (Å²) in [4.78, 5) is 11.6. The van der Waals surface area contributed by atoms with E-state index in [2.05, 4.69) is 16.8 Å². The van der Waals surface area contributed by atoms with E-state index < -0.39 is 0 Å². The summed E-state index contributed by atoms with van der Waals surface area (Å²) in [6, 6.07) is 8.99. The molecule has 0 bridgehead atoms. The minimum Gasteiger partial charge on any atom is -0.484 e. The Morgan fingerprint density at radius 3 is 2.74 bits per heavy atom. The van der Waals surface area contributed by atoms with Crippen LogP contribution in [0.25, 0.3) is 0 Å². The maximum absolute atomic E-state index is 11.6. The summed E-state index contributed by atoms with van der Waals surface area (Å²) < 4.78 is 5.34. The molecule has 0 aliphatic carbocycles. The first-order valence-corrected chi connectivity index (χ1v) is 7.22. The molecule has 0 fully saturated rings. The van der Waals surface area contributed by atoms with Crippen LogP contribution in [0.4, 0.5) is 0 Å². The molecule has 0 unspecified atom stereocenters. The maximum atomic E-state index is 11.6. The summed E-state index contributed by atoms with van der Waals surface area (Å²) in [5.74, 6) is 0.516. The van der Waals surface area contributed by atoms with Gasteiger partial charge >= 0.3 is 0 Å². The number of hydrogen-bond donors (Lipinski definition) is 1. The molecule has 5 heteroatoms. The smallest absolute Gasteiger partial charge is 0.257 e. The zero-order valence-corrected chi connectivity index (χ0v) is 11.8. The van der Waals surface area contributed by atoms with Crippen molar-refractivity contribution in [2.45, 2.75) is 6.42 Å². The van der Waals surface area contributed by atoms with E-state index in [1.54, 1.807) is 35.6 Å². The van der Waals surface area contributed by atoms with Crippen LogP contribution < -0.4 is 10.1 Å². The first kappa shape index (κ1) is 13.9. The second-order valence-corrected chi connectivity index (χ2v) is 5.19. The fraction of sp³-hybridized carbons (Fsp3) is 0.214. The Labute approximate surface area is 121 Å². The van der Waals surface area contributed by atoms with Gasteiger partial charge in [0.15, 0.2) is 6.61 Å². The molecule has 0 aliphatic rings. The number of rotatable bonds is 6. The highest BCUT2D eigenvalue weighted by Crippen LogP contribution is 2.15. The number of halogens is 1. The van der Waals surface area contributed by atoms with Crippen molar-refractivity contribution in [1.29, 1.82) is 0 Å². The van der Waals surface area contributed by atoms with E-state index in [9.17, 15) is 4.79 Å². The van der Waals surface area contributed by atoms with Gasteiger partial charge in [0, 0.05) is 11.6 Å². The average molecular weight is 296 g/mol. The van der Waals surface area contributed by atoms with Gasteiger partial charge in [0.1, 0.15) is 5.75 Å². The van der Waals surface area contributed by atoms with E-state index in [1.165, 1.54) is 5.56 Å². The molecule has 0 saturated heterocycles. The van der Waals surface area contributed by atoms with Gasteiger partial charge in [0.25, 0.3) is 5.91 Å². The molecular weight excluding hydrogens is 282 g/mol. The monoisotopic (exact) mass is 295 g/mol. The highest BCUT2D eigenvalue weighted by atomic mass is 35.5. The molecule has 0 spiro atoms. The summed E-state index contributed by atoms with van der Waals surface area (Å²) in [6.45, 7) is 0.644. The Bertz CT molecular complexity index is 511. The molecule has 1 amide bonds. The molecular formula is C14H14ClNO2S. The highest BCUT2D eigenvalue weighted by Gasteiger charge is 2.02. The summed E-state index contributed by atoms with van der Waals surface area (Å²) in [7, 11) is 0. The minimum atomic E-state index is -0.120. The van der Waals surface area contributed by atoms with Crippen LogP contribution >= 0.6 is 22.9 Å². The van der Waals surface area contributed by atoms with E-state index in [0.717, 1.165) is 6.42 Å². The van der Waals surface area contributed by atoms with Crippen LogP contribution in [0.3, 0.4) is 0 Å². The first-order valence-electron chi connectivity index (χ1n) is 5.90. The Kier molecular flexibility index (Phi) is 5.24. The lowest BCUT2D eigenvalue weighted by molar-refractivity contribution is -0.123. The third-order valence-electron chi connectivity index (χ3n) is 2.50. The molecule has 0 saturated carbocycles. The Hall–Kier alpha value is -1.52. The lowest BCUT2D eigenvalue weighted by Gasteiger charge is -2.07. The topological polar surface area (TPSA) is 38.3 Å². The molecule has 0 aliphatic heterocycles. The molecule has 0 atom stereocenters. The largest absolute Gasteiger partial charge is 0.484 e. The van der Waals surface area contributed by atoms with Crippen molar-refractivity contribution >= 4 is 28.8 Å². The number of carbonyl (C=O) groups excluding carboxylic acids is 1. The number of benzene rings is 1. The molecule has 1 N–H and O–H groups in total. The molecule has 2 rings (SSSR count). The summed E-state index contributed by atoms with van der Waals surface area (Å²) >= 11 is 7.42. The standard InChI is InChI=1S/C14H14ClNO2S/c15-12-1-3-13(4-2-12)18-9-14(17)16-7-5-11-6-8-19-10-11/h1-4,6,8,10H,5,7,9H2,(H,16,17). The predicted octanol–water partition coefficient (Wildman–Crippen LogP) is 3.14. The number of nitrogens with one attached hydrogen (secondary N) is 1. The van der Waals surface area contributed by atoms with E-state index in [0.29, 0.717) is 17.3 Å². The molecule has 3 nitrogen and oxygen atoms in total. The van der Waals surface area contributed by atoms with E-state index in [1.807, 2.05) is 5.38 Å². The zero-order valence-electron chi connectivity index (χ0n) is 10.3. The number of thiophene rings is 1. The quantitative estimate of drug-likeness (QED) is 0.889. The molecule has 0 radical (unpaired) electrons. The van der Waals surface area contributed by atoms with Gasteiger partial charge in [0.2, 0.25) is 0 Å². The molecule has 19 heavy (non-hydrogen) atoms. The maximum Gasteiger partial charge on any atom is 0.257 e. The van der Waals surface area contributed by atoms with Gasteiger partial charge in [-0.1, -0.05) is 11.6 Å². The molecule has 2 aromatic rings. The van der Waals surface area contributed by atoms with Gasteiger partial charge in [-0.25, -0.2) is 0 Å². The van der Waals surface area contributed by atoms with Gasteiger partial charge in [-0.05, 0) is 53.1 Å². The van der Waals surface area contributed by atoms with Crippen molar-refractivity contribution in [2.75, 3.05) is 13.2 Å². The van der Waals surface area contributed by atoms with E-state index >= 15 is 0 Å². The number of hydrogen-bond acceptors (Lipinski definition) is 3. The average Bonchev–Trinajstić information content (AvgIpc) is 2.91. The van der Waals surface area contributed by atoms with Crippen molar-refractivity contribution in [3.8, 4) is 5.75 Å². The first-order chi connectivity index (χ1) is 9.24. The van der Waals surface area contributed by atoms with Crippen LogP contribution in [0.1, 0.15) is 5.56 Å². The van der Waals surface area contributed by atoms with E-state index in [-0.39, 0.29) is 12.5 Å². The summed E-state index contributed by atoms with van der Waals surface area (Å²) in [6.07, 6.45) is 0.843. The zero-order chi connectivity index (χ0) is 13.5. The molecule has 1 aromatic carbocycles. The lowest BCUT2D eigenvalue weighted by atomic mass is 10.2. The highest BCUT2D eigenvalue weighted by molar-refractivity contribution is 7.07. The van der Waals surface area contributed by atoms with E-state index in [4.69, 9.17) is 16.3 Å². The van der Waals surface area contributed by atoms with Gasteiger partial charge in [-0.2, -0.15) is 11.3 Å². The normalized spacial score (nSPS) is 10.2. The van der Waals surface area contributed by atoms with Crippen LogP contribution in [-0.4, -0.2) is 19.1 Å². The van der Waals surface area contributed by atoms with Gasteiger partial charge in [0.05, 0.1) is 0 Å². The molecule has 1 aromatic heterocycles. The second kappa shape index (κ2) is 7.16. The SMILES string of the molecule is O=C(COc1ccc(Cl)cc1)NCCc1ccsc1. The van der Waals surface area contributed by atoms with Crippen molar-refractivity contribution in [2.24, 2.45) is 0 Å². The van der Waals surface area contributed by atoms with Crippen LogP contribution in [0.15, 0.2) is 41.1 Å². The fourth-order valence-corrected chi connectivity index (χ4v) is 2.34. The number of amides is 1. The van der Waals surface area contributed by atoms with Gasteiger partial charge in [-0.3, -0.25) is 4.79 Å². The number of carbonyl (C=O) groups is 1. The predicted molar refractivity (Wildman–Crippen MR) is 78.0 cm³/mol. The Balaban J connectivity index is 1.65. The third-order valence-corrected chi connectivity index (χ3v) is 3.48. The number of ether oxygens (including phenoxy) is 1. The van der Waals surface area contributed by atoms with Crippen LogP contribution in [0.5, 0.6) is 5.75 Å². The summed E-state index contributed by atoms with van der Waals surface area (Å²) in [5, 5.41) is 7.57. The Morgan fingerprint density at radius 1 is 1.26 bits per heavy atom. The van der Waals surface area contributed by atoms with Crippen molar-refractivity contribution in [1.82, 2.24) is 5.32 Å². The third kappa shape index (κ3) is 4.93. The van der Waals surface area contributed by atoms with Crippen LogP contribution in [-0.2, 0) is 11.2 Å². The van der Waals surface area contributed by atoms with Gasteiger partial charge < -0.3 is 10.1 Å². The lowest BCUT2D eigenvalue weighted by Crippen LogP contribution is -2.30. The van der Waals surface area contributed by atoms with Crippen molar-refractivity contribution < 1.29 is 9.53 Å². The van der Waals surface area contributed by atoms with Crippen molar-refractivity contribution in [3.63, 3.8) is 0 Å². The molecule has 1 heterocycles. The van der Waals surface area contributed by atoms with Crippen LogP contribution in [0.2, 0.25) is 5.02 Å². The second-order valence-electron chi connectivity index (χ2n) is 3.97. The van der Waals surface area contributed by atoms with Crippen LogP contribution in [0, 0.1) is 0 Å². The van der Waals surface area contributed by atoms with Gasteiger partial charge in [-0.15, -0.1) is 0 Å². The Morgan fingerprint density at radius 2 is 2.05 bits per heavy atom.